The van der Waals surface area contributed by atoms with Gasteiger partial charge in [0, 0.05) is 6.04 Å². The first-order valence-electron chi connectivity index (χ1n) is 4.59. The third-order valence-electron chi connectivity index (χ3n) is 2.11. The van der Waals surface area contributed by atoms with Crippen molar-refractivity contribution in [1.29, 1.82) is 0 Å². The van der Waals surface area contributed by atoms with E-state index in [1.807, 2.05) is 19.1 Å². The molecule has 1 rings (SSSR count). The summed E-state index contributed by atoms with van der Waals surface area (Å²) < 4.78 is 0. The molecule has 0 amide bonds. The van der Waals surface area contributed by atoms with Gasteiger partial charge in [0.25, 0.3) is 0 Å². The Morgan fingerprint density at radius 1 is 1.57 bits per heavy atom. The molecule has 0 aromatic heterocycles. The van der Waals surface area contributed by atoms with Crippen molar-refractivity contribution in [3.8, 4) is 0 Å². The number of hydrogen-bond donors (Lipinski definition) is 2. The van der Waals surface area contributed by atoms with Gasteiger partial charge in [-0.1, -0.05) is 18.2 Å². The lowest BCUT2D eigenvalue weighted by Crippen LogP contribution is -2.20. The van der Waals surface area contributed by atoms with Gasteiger partial charge in [-0.2, -0.15) is 0 Å². The van der Waals surface area contributed by atoms with Crippen molar-refractivity contribution in [2.45, 2.75) is 26.3 Å². The van der Waals surface area contributed by atoms with E-state index in [4.69, 9.17) is 10.8 Å². The zero-order valence-corrected chi connectivity index (χ0v) is 8.45. The normalized spacial score (nSPS) is 12.5. The van der Waals surface area contributed by atoms with E-state index in [9.17, 15) is 4.79 Å². The first-order chi connectivity index (χ1) is 6.52. The van der Waals surface area contributed by atoms with E-state index in [1.165, 1.54) is 0 Å². The molecule has 3 heteroatoms. The van der Waals surface area contributed by atoms with Crippen molar-refractivity contribution < 1.29 is 9.90 Å². The summed E-state index contributed by atoms with van der Waals surface area (Å²) in [4.78, 5) is 11.0. The number of benzene rings is 1. The number of aryl methyl sites for hydroxylation is 1. The van der Waals surface area contributed by atoms with Crippen LogP contribution in [-0.4, -0.2) is 17.1 Å². The Morgan fingerprint density at radius 3 is 2.71 bits per heavy atom. The topological polar surface area (TPSA) is 63.3 Å². The van der Waals surface area contributed by atoms with E-state index in [-0.39, 0.29) is 6.04 Å². The van der Waals surface area contributed by atoms with Crippen LogP contribution in [0.25, 0.3) is 0 Å². The summed E-state index contributed by atoms with van der Waals surface area (Å²) in [5.41, 5.74) is 7.64. The van der Waals surface area contributed by atoms with Crippen LogP contribution in [0.1, 0.15) is 28.4 Å². The maximum atomic E-state index is 11.0. The SMILES string of the molecule is Cc1cccc(CC(C)N)c1C(=O)O. The zero-order valence-electron chi connectivity index (χ0n) is 8.45. The van der Waals surface area contributed by atoms with Crippen molar-refractivity contribution >= 4 is 5.97 Å². The summed E-state index contributed by atoms with van der Waals surface area (Å²) in [5, 5.41) is 9.02. The van der Waals surface area contributed by atoms with Crippen molar-refractivity contribution in [1.82, 2.24) is 0 Å². The Morgan fingerprint density at radius 2 is 2.21 bits per heavy atom. The molecule has 0 radical (unpaired) electrons. The highest BCUT2D eigenvalue weighted by atomic mass is 16.4. The van der Waals surface area contributed by atoms with E-state index >= 15 is 0 Å². The van der Waals surface area contributed by atoms with Crippen LogP contribution in [0.5, 0.6) is 0 Å². The molecule has 76 valence electrons. The molecule has 1 unspecified atom stereocenters. The van der Waals surface area contributed by atoms with Crippen LogP contribution in [0.2, 0.25) is 0 Å². The second kappa shape index (κ2) is 4.24. The standard InChI is InChI=1S/C11H15NO2/c1-7-4-3-5-9(6-8(2)12)10(7)11(13)14/h3-5,8H,6,12H2,1-2H3,(H,13,14). The van der Waals surface area contributed by atoms with Gasteiger partial charge in [-0.15, -0.1) is 0 Å². The average Bonchev–Trinajstić information content (AvgIpc) is 2.01. The van der Waals surface area contributed by atoms with E-state index in [2.05, 4.69) is 0 Å². The monoisotopic (exact) mass is 193 g/mol. The molecule has 0 aliphatic rings. The predicted molar refractivity (Wildman–Crippen MR) is 55.5 cm³/mol. The average molecular weight is 193 g/mol. The molecule has 0 aliphatic carbocycles. The van der Waals surface area contributed by atoms with Gasteiger partial charge in [0.05, 0.1) is 5.56 Å². The number of carboxylic acid groups (broad SMARTS) is 1. The Hall–Kier alpha value is -1.35. The molecule has 3 nitrogen and oxygen atoms in total. The number of aromatic carboxylic acids is 1. The highest BCUT2D eigenvalue weighted by Crippen LogP contribution is 2.15. The highest BCUT2D eigenvalue weighted by molar-refractivity contribution is 5.91. The molecule has 3 N–H and O–H groups in total. The molecular formula is C11H15NO2. The fourth-order valence-corrected chi connectivity index (χ4v) is 1.55. The van der Waals surface area contributed by atoms with Crippen LogP contribution in [0.15, 0.2) is 18.2 Å². The fourth-order valence-electron chi connectivity index (χ4n) is 1.55. The highest BCUT2D eigenvalue weighted by Gasteiger charge is 2.13. The summed E-state index contributed by atoms with van der Waals surface area (Å²) in [7, 11) is 0. The van der Waals surface area contributed by atoms with Crippen molar-refractivity contribution in [2.24, 2.45) is 5.73 Å². The van der Waals surface area contributed by atoms with Gasteiger partial charge in [0.2, 0.25) is 0 Å². The Kier molecular flexibility index (Phi) is 3.25. The minimum absolute atomic E-state index is 0.0186. The van der Waals surface area contributed by atoms with Crippen LogP contribution in [0, 0.1) is 6.92 Å². The molecule has 0 aliphatic heterocycles. The van der Waals surface area contributed by atoms with Gasteiger partial charge in [-0.05, 0) is 31.4 Å². The van der Waals surface area contributed by atoms with Crippen LogP contribution >= 0.6 is 0 Å². The van der Waals surface area contributed by atoms with E-state index in [0.717, 1.165) is 11.1 Å². The lowest BCUT2D eigenvalue weighted by atomic mass is 9.97. The molecule has 0 spiro atoms. The third kappa shape index (κ3) is 2.33. The molecule has 1 aromatic carbocycles. The number of nitrogens with two attached hydrogens (primary N) is 1. The van der Waals surface area contributed by atoms with Gasteiger partial charge in [0.15, 0.2) is 0 Å². The van der Waals surface area contributed by atoms with E-state index < -0.39 is 5.97 Å². The quantitative estimate of drug-likeness (QED) is 0.766. The van der Waals surface area contributed by atoms with Crippen molar-refractivity contribution in [2.75, 3.05) is 0 Å². The molecule has 0 saturated heterocycles. The summed E-state index contributed by atoms with van der Waals surface area (Å²) >= 11 is 0. The van der Waals surface area contributed by atoms with Crippen LogP contribution in [-0.2, 0) is 6.42 Å². The maximum Gasteiger partial charge on any atom is 0.336 e. The van der Waals surface area contributed by atoms with Gasteiger partial charge in [-0.3, -0.25) is 0 Å². The third-order valence-corrected chi connectivity index (χ3v) is 2.11. The summed E-state index contributed by atoms with van der Waals surface area (Å²) in [6.45, 7) is 3.67. The van der Waals surface area contributed by atoms with Crippen molar-refractivity contribution in [3.05, 3.63) is 34.9 Å². The van der Waals surface area contributed by atoms with Gasteiger partial charge < -0.3 is 10.8 Å². The first-order valence-corrected chi connectivity index (χ1v) is 4.59. The number of rotatable bonds is 3. The smallest absolute Gasteiger partial charge is 0.336 e. The number of carboxylic acids is 1. The molecular weight excluding hydrogens is 178 g/mol. The Balaban J connectivity index is 3.14. The molecule has 1 aromatic rings. The van der Waals surface area contributed by atoms with E-state index in [1.54, 1.807) is 13.0 Å². The van der Waals surface area contributed by atoms with E-state index in [0.29, 0.717) is 12.0 Å². The fraction of sp³-hybridized carbons (Fsp3) is 0.364. The summed E-state index contributed by atoms with van der Waals surface area (Å²) in [5.74, 6) is -0.876. The van der Waals surface area contributed by atoms with Gasteiger partial charge >= 0.3 is 5.97 Å². The first kappa shape index (κ1) is 10.7. The van der Waals surface area contributed by atoms with Gasteiger partial charge in [0.1, 0.15) is 0 Å². The molecule has 0 bridgehead atoms. The minimum atomic E-state index is -0.876. The van der Waals surface area contributed by atoms with Crippen molar-refractivity contribution in [3.63, 3.8) is 0 Å². The second-order valence-corrected chi connectivity index (χ2v) is 3.60. The molecule has 0 heterocycles. The molecule has 14 heavy (non-hydrogen) atoms. The second-order valence-electron chi connectivity index (χ2n) is 3.60. The van der Waals surface area contributed by atoms with Crippen LogP contribution in [0.3, 0.4) is 0 Å². The predicted octanol–water partition coefficient (Wildman–Crippen LogP) is 1.58. The number of hydrogen-bond acceptors (Lipinski definition) is 2. The number of carbonyl (C=O) groups is 1. The summed E-state index contributed by atoms with van der Waals surface area (Å²) in [6.07, 6.45) is 0.601. The zero-order chi connectivity index (χ0) is 10.7. The van der Waals surface area contributed by atoms with Gasteiger partial charge in [-0.25, -0.2) is 4.79 Å². The van der Waals surface area contributed by atoms with Crippen LogP contribution in [0.4, 0.5) is 0 Å². The molecule has 1 atom stereocenters. The maximum absolute atomic E-state index is 11.0. The minimum Gasteiger partial charge on any atom is -0.478 e. The molecule has 0 saturated carbocycles. The van der Waals surface area contributed by atoms with Crippen LogP contribution < -0.4 is 5.73 Å². The Bertz CT molecular complexity index is 345. The Labute approximate surface area is 83.6 Å². The largest absolute Gasteiger partial charge is 0.478 e. The summed E-state index contributed by atoms with van der Waals surface area (Å²) in [6, 6.07) is 5.46. The lowest BCUT2D eigenvalue weighted by molar-refractivity contribution is 0.0695. The molecule has 0 fully saturated rings. The lowest BCUT2D eigenvalue weighted by Gasteiger charge is -2.10.